The first kappa shape index (κ1) is 24.5. The number of urea groups is 1. The Labute approximate surface area is 211 Å². The van der Waals surface area contributed by atoms with Crippen LogP contribution in [0.3, 0.4) is 0 Å². The molecule has 0 saturated carbocycles. The number of alkyl halides is 3. The molecule has 0 bridgehead atoms. The molecule has 1 aromatic heterocycles. The van der Waals surface area contributed by atoms with Crippen LogP contribution in [0.25, 0.3) is 0 Å². The van der Waals surface area contributed by atoms with Crippen molar-refractivity contribution in [3.05, 3.63) is 101 Å². The van der Waals surface area contributed by atoms with E-state index in [1.54, 1.807) is 29.4 Å². The number of rotatable bonds is 3. The molecule has 2 atom stereocenters. The zero-order valence-electron chi connectivity index (χ0n) is 19.9. The number of hydrogen-bond acceptors (Lipinski definition) is 4. The van der Waals surface area contributed by atoms with E-state index in [2.05, 4.69) is 10.3 Å². The van der Waals surface area contributed by atoms with Crippen molar-refractivity contribution in [2.45, 2.75) is 25.2 Å². The number of piperazine rings is 1. The van der Waals surface area contributed by atoms with Crippen molar-refractivity contribution in [2.24, 2.45) is 4.99 Å². The topological polar surface area (TPSA) is 77.9 Å². The van der Waals surface area contributed by atoms with Gasteiger partial charge in [-0.25, -0.2) is 4.79 Å². The van der Waals surface area contributed by atoms with Gasteiger partial charge in [0.25, 0.3) is 0 Å². The summed E-state index contributed by atoms with van der Waals surface area (Å²) in [6, 6.07) is 14.2. The quantitative estimate of drug-likeness (QED) is 0.567. The van der Waals surface area contributed by atoms with Crippen molar-refractivity contribution in [2.75, 3.05) is 19.6 Å². The van der Waals surface area contributed by atoms with Crippen LogP contribution in [0.5, 0.6) is 0 Å². The second kappa shape index (κ2) is 9.68. The molecule has 2 unspecified atom stereocenters. The molecule has 3 amide bonds. The lowest BCUT2D eigenvalue weighted by atomic mass is 9.92. The summed E-state index contributed by atoms with van der Waals surface area (Å²) in [7, 11) is 0. The van der Waals surface area contributed by atoms with Gasteiger partial charge in [0.2, 0.25) is 5.91 Å². The van der Waals surface area contributed by atoms with Crippen molar-refractivity contribution >= 4 is 17.8 Å². The van der Waals surface area contributed by atoms with E-state index in [0.717, 1.165) is 23.3 Å². The lowest BCUT2D eigenvalue weighted by Crippen LogP contribution is -2.55. The number of aromatic nitrogens is 1. The Morgan fingerprint density at radius 3 is 2.49 bits per heavy atom. The highest BCUT2D eigenvalue weighted by atomic mass is 19.4. The summed E-state index contributed by atoms with van der Waals surface area (Å²) in [5.74, 6) is 0.0885. The van der Waals surface area contributed by atoms with Crippen molar-refractivity contribution < 1.29 is 22.8 Å². The third-order valence-corrected chi connectivity index (χ3v) is 6.46. The molecular formula is C27H24F3N5O2. The van der Waals surface area contributed by atoms with E-state index < -0.39 is 29.9 Å². The predicted molar refractivity (Wildman–Crippen MR) is 131 cm³/mol. The first-order valence-corrected chi connectivity index (χ1v) is 11.8. The van der Waals surface area contributed by atoms with Crippen LogP contribution in [0.4, 0.5) is 18.0 Å². The first-order valence-electron chi connectivity index (χ1n) is 11.8. The van der Waals surface area contributed by atoms with E-state index in [-0.39, 0.29) is 12.5 Å². The van der Waals surface area contributed by atoms with E-state index in [9.17, 15) is 22.8 Å². The molecule has 2 aliphatic rings. The van der Waals surface area contributed by atoms with Crippen LogP contribution in [-0.4, -0.2) is 52.2 Å². The summed E-state index contributed by atoms with van der Waals surface area (Å²) in [6.07, 6.45) is -1.28. The Morgan fingerprint density at radius 2 is 1.84 bits per heavy atom. The molecule has 7 nitrogen and oxygen atoms in total. The van der Waals surface area contributed by atoms with Gasteiger partial charge in [-0.1, -0.05) is 42.0 Å². The zero-order chi connectivity index (χ0) is 26.2. The Hall–Kier alpha value is -4.21. The number of nitrogens with one attached hydrogen (secondary N) is 1. The summed E-state index contributed by atoms with van der Waals surface area (Å²) in [5, 5.41) is 2.72. The first-order chi connectivity index (χ1) is 17.7. The number of aliphatic imine (C=N–C) groups is 1. The van der Waals surface area contributed by atoms with Gasteiger partial charge in [-0.15, -0.1) is 0 Å². The summed E-state index contributed by atoms with van der Waals surface area (Å²) >= 11 is 0. The number of nitrogens with zero attached hydrogens (tertiary/aromatic N) is 4. The zero-order valence-corrected chi connectivity index (χ0v) is 19.9. The van der Waals surface area contributed by atoms with Crippen LogP contribution in [0, 0.1) is 6.92 Å². The van der Waals surface area contributed by atoms with Crippen LogP contribution in [0.2, 0.25) is 0 Å². The summed E-state index contributed by atoms with van der Waals surface area (Å²) in [6.45, 7) is 2.48. The number of aryl methyl sites for hydroxylation is 1. The Bertz CT molecular complexity index is 1340. The van der Waals surface area contributed by atoms with Gasteiger partial charge in [0.1, 0.15) is 18.4 Å². The van der Waals surface area contributed by atoms with E-state index in [1.807, 2.05) is 31.2 Å². The molecule has 1 fully saturated rings. The molecule has 2 aromatic carbocycles. The molecule has 1 saturated heterocycles. The number of amides is 3. The van der Waals surface area contributed by atoms with Crippen LogP contribution in [0.15, 0.2) is 78.0 Å². The third-order valence-electron chi connectivity index (χ3n) is 6.46. The van der Waals surface area contributed by atoms with Gasteiger partial charge in [-0.2, -0.15) is 13.2 Å². The highest BCUT2D eigenvalue weighted by molar-refractivity contribution is 6.09. The number of carbonyl (C=O) groups excluding carboxylic acids is 2. The van der Waals surface area contributed by atoms with Crippen LogP contribution >= 0.6 is 0 Å². The van der Waals surface area contributed by atoms with Crippen molar-refractivity contribution in [3.63, 3.8) is 0 Å². The number of halogens is 3. The maximum atomic E-state index is 14.0. The molecule has 190 valence electrons. The molecule has 2 aliphatic heterocycles. The Balaban J connectivity index is 1.65. The van der Waals surface area contributed by atoms with Crippen molar-refractivity contribution in [1.82, 2.24) is 20.1 Å². The maximum Gasteiger partial charge on any atom is 0.416 e. The highest BCUT2D eigenvalue weighted by Crippen LogP contribution is 2.44. The standard InChI is InChI=1S/C27H24F3N5O2/c1-17-4-2-5-19(14-17)24-23(18-7-9-21(10-8-18)27(28,29)30)33-25(20-6-3-11-31-15-20)35(24)26(37)34-13-12-32-22(36)16-34/h2-11,14-15,23-24H,12-13,16H2,1H3,(H,32,36). The molecule has 1 N–H and O–H groups in total. The lowest BCUT2D eigenvalue weighted by Gasteiger charge is -2.35. The molecule has 5 rings (SSSR count). The number of benzene rings is 2. The summed E-state index contributed by atoms with van der Waals surface area (Å²) in [4.78, 5) is 38.1. The van der Waals surface area contributed by atoms with Gasteiger partial charge in [0.05, 0.1) is 11.6 Å². The molecule has 0 spiro atoms. The molecule has 10 heteroatoms. The second-order valence-corrected chi connectivity index (χ2v) is 9.04. The van der Waals surface area contributed by atoms with Gasteiger partial charge >= 0.3 is 12.2 Å². The Kier molecular flexibility index (Phi) is 6.41. The van der Waals surface area contributed by atoms with Crippen LogP contribution < -0.4 is 5.32 Å². The van der Waals surface area contributed by atoms with Crippen molar-refractivity contribution in [1.29, 1.82) is 0 Å². The van der Waals surface area contributed by atoms with E-state index in [0.29, 0.717) is 30.1 Å². The minimum atomic E-state index is -4.47. The van der Waals surface area contributed by atoms with Gasteiger partial charge in [-0.05, 0) is 42.3 Å². The lowest BCUT2D eigenvalue weighted by molar-refractivity contribution is -0.137. The molecule has 3 heterocycles. The minimum absolute atomic E-state index is 0.0961. The van der Waals surface area contributed by atoms with Gasteiger partial charge < -0.3 is 10.2 Å². The summed E-state index contributed by atoms with van der Waals surface area (Å²) < 4.78 is 39.7. The molecule has 0 radical (unpaired) electrons. The molecule has 3 aromatic rings. The molecule has 0 aliphatic carbocycles. The van der Waals surface area contributed by atoms with Crippen molar-refractivity contribution in [3.8, 4) is 0 Å². The second-order valence-electron chi connectivity index (χ2n) is 9.04. The van der Waals surface area contributed by atoms with E-state index >= 15 is 0 Å². The average molecular weight is 508 g/mol. The number of hydrogen-bond donors (Lipinski definition) is 1. The number of pyridine rings is 1. The fourth-order valence-electron chi connectivity index (χ4n) is 4.72. The minimum Gasteiger partial charge on any atom is -0.353 e. The smallest absolute Gasteiger partial charge is 0.353 e. The van der Waals surface area contributed by atoms with Crippen LogP contribution in [0.1, 0.15) is 39.9 Å². The van der Waals surface area contributed by atoms with Gasteiger partial charge in [0, 0.05) is 31.0 Å². The summed E-state index contributed by atoms with van der Waals surface area (Å²) in [5.41, 5.74) is 2.10. The normalized spacial score (nSPS) is 20.0. The average Bonchev–Trinajstić information content (AvgIpc) is 3.29. The van der Waals surface area contributed by atoms with E-state index in [1.165, 1.54) is 17.0 Å². The van der Waals surface area contributed by atoms with E-state index in [4.69, 9.17) is 4.99 Å². The monoisotopic (exact) mass is 507 g/mol. The third kappa shape index (κ3) is 4.91. The molecular weight excluding hydrogens is 483 g/mol. The highest BCUT2D eigenvalue weighted by Gasteiger charge is 2.44. The van der Waals surface area contributed by atoms with Gasteiger partial charge in [-0.3, -0.25) is 19.7 Å². The molecule has 37 heavy (non-hydrogen) atoms. The predicted octanol–water partition coefficient (Wildman–Crippen LogP) is 4.51. The SMILES string of the molecule is Cc1cccc(C2C(c3ccc(C(F)(F)F)cc3)N=C(c3cccnc3)N2C(=O)N2CCNC(=O)C2)c1. The largest absolute Gasteiger partial charge is 0.416 e. The van der Waals surface area contributed by atoms with Gasteiger partial charge in [0.15, 0.2) is 0 Å². The number of amidine groups is 1. The maximum absolute atomic E-state index is 14.0. The fraction of sp³-hybridized carbons (Fsp3) is 0.259. The Morgan fingerprint density at radius 1 is 1.05 bits per heavy atom. The fourth-order valence-corrected chi connectivity index (χ4v) is 4.72. The number of carbonyl (C=O) groups is 2. The van der Waals surface area contributed by atoms with Crippen LogP contribution in [-0.2, 0) is 11.0 Å².